The number of hydrogen-bond donors (Lipinski definition) is 1. The summed E-state index contributed by atoms with van der Waals surface area (Å²) >= 11 is 0. The van der Waals surface area contributed by atoms with Gasteiger partial charge in [-0.25, -0.2) is 0 Å². The topological polar surface area (TPSA) is 42.4 Å². The third kappa shape index (κ3) is 3.00. The number of fused-ring (bicyclic) bond motifs is 1. The van der Waals surface area contributed by atoms with E-state index >= 15 is 0 Å². The molecule has 106 valence electrons. The van der Waals surface area contributed by atoms with Gasteiger partial charge in [-0.3, -0.25) is 4.98 Å². The van der Waals surface area contributed by atoms with Crippen LogP contribution in [0.2, 0.25) is 0 Å². The first kappa shape index (κ1) is 13.5. The van der Waals surface area contributed by atoms with Crippen molar-refractivity contribution in [2.24, 2.45) is 0 Å². The molecule has 0 radical (unpaired) electrons. The molecule has 1 N–H and O–H groups in total. The molecule has 3 heteroatoms. The molecule has 0 aliphatic carbocycles. The fourth-order valence-electron chi connectivity index (χ4n) is 2.95. The number of aliphatic hydroxyl groups is 1. The second-order valence-corrected chi connectivity index (χ2v) is 5.50. The van der Waals surface area contributed by atoms with Gasteiger partial charge in [-0.1, -0.05) is 18.2 Å². The monoisotopic (exact) mass is 271 g/mol. The van der Waals surface area contributed by atoms with Gasteiger partial charge in [0.25, 0.3) is 0 Å². The van der Waals surface area contributed by atoms with Crippen LogP contribution in [0.25, 0.3) is 10.9 Å². The summed E-state index contributed by atoms with van der Waals surface area (Å²) in [5, 5.41) is 11.5. The SMILES string of the molecule is OC(CCC1CCCCO1)c1cccc2ncccc12. The van der Waals surface area contributed by atoms with E-state index in [0.29, 0.717) is 6.10 Å². The van der Waals surface area contributed by atoms with E-state index in [1.807, 2.05) is 30.3 Å². The summed E-state index contributed by atoms with van der Waals surface area (Å²) in [6.45, 7) is 0.874. The summed E-state index contributed by atoms with van der Waals surface area (Å²) in [5.41, 5.74) is 1.92. The van der Waals surface area contributed by atoms with Crippen molar-refractivity contribution in [2.75, 3.05) is 6.61 Å². The van der Waals surface area contributed by atoms with Crippen LogP contribution in [0.5, 0.6) is 0 Å². The summed E-state index contributed by atoms with van der Waals surface area (Å²) in [4.78, 5) is 4.34. The van der Waals surface area contributed by atoms with Crippen LogP contribution in [0.1, 0.15) is 43.8 Å². The van der Waals surface area contributed by atoms with Gasteiger partial charge in [0.2, 0.25) is 0 Å². The minimum absolute atomic E-state index is 0.325. The molecular formula is C17H21NO2. The Kier molecular flexibility index (Phi) is 4.28. The van der Waals surface area contributed by atoms with Crippen LogP contribution >= 0.6 is 0 Å². The zero-order chi connectivity index (χ0) is 13.8. The molecule has 1 aromatic carbocycles. The Balaban J connectivity index is 1.70. The average molecular weight is 271 g/mol. The molecule has 1 saturated heterocycles. The van der Waals surface area contributed by atoms with Gasteiger partial charge in [-0.05, 0) is 49.8 Å². The van der Waals surface area contributed by atoms with Crippen molar-refractivity contribution in [1.29, 1.82) is 0 Å². The largest absolute Gasteiger partial charge is 0.388 e. The van der Waals surface area contributed by atoms with Crippen LogP contribution in [0.15, 0.2) is 36.5 Å². The van der Waals surface area contributed by atoms with Gasteiger partial charge in [-0.15, -0.1) is 0 Å². The third-order valence-electron chi connectivity index (χ3n) is 4.07. The molecule has 3 rings (SSSR count). The highest BCUT2D eigenvalue weighted by atomic mass is 16.5. The van der Waals surface area contributed by atoms with E-state index in [1.165, 1.54) is 12.8 Å². The number of ether oxygens (including phenoxy) is 1. The van der Waals surface area contributed by atoms with Crippen molar-refractivity contribution >= 4 is 10.9 Å². The van der Waals surface area contributed by atoms with E-state index in [0.717, 1.165) is 42.3 Å². The van der Waals surface area contributed by atoms with Crippen LogP contribution in [-0.2, 0) is 4.74 Å². The van der Waals surface area contributed by atoms with Crippen LogP contribution in [0, 0.1) is 0 Å². The van der Waals surface area contributed by atoms with Crippen LogP contribution in [-0.4, -0.2) is 22.8 Å². The first-order valence-corrected chi connectivity index (χ1v) is 7.48. The van der Waals surface area contributed by atoms with Gasteiger partial charge in [0.05, 0.1) is 17.7 Å². The maximum absolute atomic E-state index is 10.5. The van der Waals surface area contributed by atoms with Crippen molar-refractivity contribution in [2.45, 2.75) is 44.3 Å². The maximum Gasteiger partial charge on any atom is 0.0797 e. The second kappa shape index (κ2) is 6.33. The van der Waals surface area contributed by atoms with Crippen molar-refractivity contribution in [1.82, 2.24) is 4.98 Å². The lowest BCUT2D eigenvalue weighted by Crippen LogP contribution is -2.19. The summed E-state index contributed by atoms with van der Waals surface area (Å²) in [6, 6.07) is 9.89. The standard InChI is InChI=1S/C17H21NO2/c19-17(10-9-13-5-1-2-12-20-13)15-6-3-8-16-14(15)7-4-11-18-16/h3-4,6-8,11,13,17,19H,1-2,5,9-10,12H2. The molecule has 2 aromatic rings. The van der Waals surface area contributed by atoms with Gasteiger partial charge >= 0.3 is 0 Å². The molecule has 0 amide bonds. The number of nitrogens with zero attached hydrogens (tertiary/aromatic N) is 1. The Morgan fingerprint density at radius 3 is 3.05 bits per heavy atom. The van der Waals surface area contributed by atoms with Crippen molar-refractivity contribution in [3.63, 3.8) is 0 Å². The minimum Gasteiger partial charge on any atom is -0.388 e. The lowest BCUT2D eigenvalue weighted by atomic mass is 9.97. The van der Waals surface area contributed by atoms with E-state index in [1.54, 1.807) is 6.20 Å². The second-order valence-electron chi connectivity index (χ2n) is 5.50. The highest BCUT2D eigenvalue weighted by Crippen LogP contribution is 2.28. The first-order chi connectivity index (χ1) is 9.84. The van der Waals surface area contributed by atoms with E-state index < -0.39 is 6.10 Å². The number of aliphatic hydroxyl groups excluding tert-OH is 1. The van der Waals surface area contributed by atoms with E-state index in [-0.39, 0.29) is 0 Å². The van der Waals surface area contributed by atoms with Gasteiger partial charge in [0.1, 0.15) is 0 Å². The van der Waals surface area contributed by atoms with E-state index in [2.05, 4.69) is 4.98 Å². The minimum atomic E-state index is -0.437. The molecule has 2 atom stereocenters. The fourth-order valence-corrected chi connectivity index (χ4v) is 2.95. The smallest absolute Gasteiger partial charge is 0.0797 e. The third-order valence-corrected chi connectivity index (χ3v) is 4.07. The predicted octanol–water partition coefficient (Wildman–Crippen LogP) is 3.62. The zero-order valence-corrected chi connectivity index (χ0v) is 11.7. The molecule has 1 fully saturated rings. The molecule has 1 aromatic heterocycles. The molecule has 0 bridgehead atoms. The Labute approximate surface area is 119 Å². The predicted molar refractivity (Wildman–Crippen MR) is 79.5 cm³/mol. The van der Waals surface area contributed by atoms with Crippen LogP contribution in [0.3, 0.4) is 0 Å². The zero-order valence-electron chi connectivity index (χ0n) is 11.7. The highest BCUT2D eigenvalue weighted by Gasteiger charge is 2.17. The van der Waals surface area contributed by atoms with Gasteiger partial charge in [-0.2, -0.15) is 0 Å². The molecule has 1 aliphatic heterocycles. The number of aromatic nitrogens is 1. The molecular weight excluding hydrogens is 250 g/mol. The fraction of sp³-hybridized carbons (Fsp3) is 0.471. The van der Waals surface area contributed by atoms with Gasteiger partial charge in [0.15, 0.2) is 0 Å². The Morgan fingerprint density at radius 2 is 2.20 bits per heavy atom. The Hall–Kier alpha value is -1.45. The van der Waals surface area contributed by atoms with Crippen molar-refractivity contribution in [3.05, 3.63) is 42.1 Å². The normalized spacial score (nSPS) is 20.9. The average Bonchev–Trinajstić information content (AvgIpc) is 2.53. The quantitative estimate of drug-likeness (QED) is 0.923. The maximum atomic E-state index is 10.5. The number of rotatable bonds is 4. The van der Waals surface area contributed by atoms with Gasteiger partial charge in [0, 0.05) is 18.2 Å². The summed E-state index contributed by atoms with van der Waals surface area (Å²) in [5.74, 6) is 0. The lowest BCUT2D eigenvalue weighted by molar-refractivity contribution is 0.00222. The summed E-state index contributed by atoms with van der Waals surface area (Å²) < 4.78 is 5.73. The molecule has 20 heavy (non-hydrogen) atoms. The van der Waals surface area contributed by atoms with Crippen molar-refractivity contribution < 1.29 is 9.84 Å². The van der Waals surface area contributed by atoms with Crippen molar-refractivity contribution in [3.8, 4) is 0 Å². The van der Waals surface area contributed by atoms with Gasteiger partial charge < -0.3 is 9.84 Å². The number of pyridine rings is 1. The molecule has 1 aliphatic rings. The first-order valence-electron chi connectivity index (χ1n) is 7.48. The lowest BCUT2D eigenvalue weighted by Gasteiger charge is -2.23. The van der Waals surface area contributed by atoms with Crippen LogP contribution in [0.4, 0.5) is 0 Å². The Bertz CT molecular complexity index is 558. The molecule has 2 unspecified atom stereocenters. The van der Waals surface area contributed by atoms with E-state index in [9.17, 15) is 5.11 Å². The molecule has 0 saturated carbocycles. The highest BCUT2D eigenvalue weighted by molar-refractivity contribution is 5.82. The summed E-state index contributed by atoms with van der Waals surface area (Å²) in [7, 11) is 0. The molecule has 0 spiro atoms. The number of benzene rings is 1. The Morgan fingerprint density at radius 1 is 1.25 bits per heavy atom. The van der Waals surface area contributed by atoms with Crippen LogP contribution < -0.4 is 0 Å². The summed E-state index contributed by atoms with van der Waals surface area (Å²) in [6.07, 6.45) is 6.90. The number of hydrogen-bond acceptors (Lipinski definition) is 3. The molecule has 3 nitrogen and oxygen atoms in total. The molecule has 2 heterocycles. The van der Waals surface area contributed by atoms with E-state index in [4.69, 9.17) is 4.74 Å².